The van der Waals surface area contributed by atoms with Crippen molar-refractivity contribution in [1.29, 1.82) is 0 Å². The summed E-state index contributed by atoms with van der Waals surface area (Å²) in [6.45, 7) is 4.06. The zero-order valence-corrected chi connectivity index (χ0v) is 21.5. The minimum Gasteiger partial charge on any atom is -0.493 e. The predicted molar refractivity (Wildman–Crippen MR) is 138 cm³/mol. The van der Waals surface area contributed by atoms with Crippen molar-refractivity contribution in [3.8, 4) is 17.2 Å². The van der Waals surface area contributed by atoms with E-state index in [0.717, 1.165) is 38.7 Å². The summed E-state index contributed by atoms with van der Waals surface area (Å²) < 4.78 is 14.3. The van der Waals surface area contributed by atoms with Gasteiger partial charge in [0.25, 0.3) is 0 Å². The summed E-state index contributed by atoms with van der Waals surface area (Å²) in [6.07, 6.45) is 0. The van der Waals surface area contributed by atoms with Gasteiger partial charge in [-0.3, -0.25) is 0 Å². The number of halogens is 1. The second kappa shape index (κ2) is 12.0. The molecule has 0 aliphatic rings. The molecule has 1 heterocycles. The molecule has 0 saturated heterocycles. The van der Waals surface area contributed by atoms with Crippen LogP contribution in [-0.4, -0.2) is 39.6 Å². The van der Waals surface area contributed by atoms with Crippen molar-refractivity contribution < 1.29 is 9.47 Å². The van der Waals surface area contributed by atoms with Crippen molar-refractivity contribution in [2.45, 2.75) is 25.2 Å². The number of hydrogen-bond donors (Lipinski definition) is 1. The number of para-hydroxylation sites is 1. The van der Waals surface area contributed by atoms with Crippen LogP contribution in [0, 0.1) is 6.92 Å². The van der Waals surface area contributed by atoms with Gasteiger partial charge in [-0.2, -0.15) is 4.68 Å². The summed E-state index contributed by atoms with van der Waals surface area (Å²) in [6, 6.07) is 22.1. The highest BCUT2D eigenvalue weighted by Crippen LogP contribution is 2.34. The first kappa shape index (κ1) is 24.3. The van der Waals surface area contributed by atoms with Gasteiger partial charge >= 0.3 is 0 Å². The van der Waals surface area contributed by atoms with E-state index in [2.05, 4.69) is 61.9 Å². The van der Waals surface area contributed by atoms with E-state index in [-0.39, 0.29) is 0 Å². The van der Waals surface area contributed by atoms with Gasteiger partial charge in [-0.1, -0.05) is 75.7 Å². The third kappa shape index (κ3) is 6.37. The topological polar surface area (TPSA) is 74.1 Å². The number of thioether (sulfide) groups is 1. The zero-order valence-electron chi connectivity index (χ0n) is 19.1. The zero-order chi connectivity index (χ0) is 23.8. The van der Waals surface area contributed by atoms with Crippen LogP contribution in [0.4, 0.5) is 0 Å². The maximum Gasteiger partial charge on any atom is 0.214 e. The number of rotatable bonds is 11. The van der Waals surface area contributed by atoms with E-state index in [9.17, 15) is 0 Å². The van der Waals surface area contributed by atoms with Crippen LogP contribution >= 0.6 is 27.7 Å². The first-order chi connectivity index (χ1) is 16.6. The molecule has 4 rings (SSSR count). The Morgan fingerprint density at radius 1 is 1.03 bits per heavy atom. The summed E-state index contributed by atoms with van der Waals surface area (Å²) in [5, 5.41) is 16.3. The molecule has 0 atom stereocenters. The Morgan fingerprint density at radius 2 is 1.88 bits per heavy atom. The highest BCUT2D eigenvalue weighted by atomic mass is 79.9. The molecule has 9 heteroatoms. The third-order valence-electron chi connectivity index (χ3n) is 5.08. The minimum atomic E-state index is 0.488. The summed E-state index contributed by atoms with van der Waals surface area (Å²) in [5.74, 6) is 2.26. The summed E-state index contributed by atoms with van der Waals surface area (Å²) in [5.41, 5.74) is 4.38. The molecule has 0 unspecified atom stereocenters. The summed E-state index contributed by atoms with van der Waals surface area (Å²) in [7, 11) is 1.66. The van der Waals surface area contributed by atoms with E-state index in [1.165, 1.54) is 5.56 Å². The summed E-state index contributed by atoms with van der Waals surface area (Å²) >= 11 is 5.29. The van der Waals surface area contributed by atoms with Crippen molar-refractivity contribution in [3.05, 3.63) is 87.9 Å². The van der Waals surface area contributed by atoms with Crippen LogP contribution in [0.1, 0.15) is 16.7 Å². The number of aryl methyl sites for hydroxylation is 1. The molecule has 3 aromatic carbocycles. The lowest BCUT2D eigenvalue weighted by atomic mass is 10.1. The largest absolute Gasteiger partial charge is 0.493 e. The maximum atomic E-state index is 6.04. The Balaban J connectivity index is 1.29. The molecule has 4 aromatic rings. The van der Waals surface area contributed by atoms with Gasteiger partial charge in [0.2, 0.25) is 5.16 Å². The first-order valence-corrected chi connectivity index (χ1v) is 12.6. The molecule has 0 aliphatic carbocycles. The molecule has 34 heavy (non-hydrogen) atoms. The van der Waals surface area contributed by atoms with Crippen molar-refractivity contribution in [2.24, 2.45) is 0 Å². The molecular weight excluding hydrogens is 514 g/mol. The van der Waals surface area contributed by atoms with Crippen molar-refractivity contribution in [3.63, 3.8) is 0 Å². The lowest BCUT2D eigenvalue weighted by molar-refractivity contribution is 0.284. The fraction of sp³-hybridized carbons (Fsp3) is 0.240. The van der Waals surface area contributed by atoms with E-state index in [1.807, 2.05) is 48.5 Å². The number of benzene rings is 3. The summed E-state index contributed by atoms with van der Waals surface area (Å²) in [4.78, 5) is 0. The van der Waals surface area contributed by atoms with Gasteiger partial charge in [-0.15, -0.1) is 5.10 Å². The molecule has 0 amide bonds. The van der Waals surface area contributed by atoms with Gasteiger partial charge in [-0.25, -0.2) is 0 Å². The number of aromatic nitrogens is 4. The average Bonchev–Trinajstić information content (AvgIpc) is 3.32. The number of nitrogens with one attached hydrogen (secondary N) is 1. The third-order valence-corrected chi connectivity index (χ3v) is 6.74. The lowest BCUT2D eigenvalue weighted by Crippen LogP contribution is -2.17. The number of hydrogen-bond acceptors (Lipinski definition) is 7. The second-order valence-electron chi connectivity index (χ2n) is 7.61. The van der Waals surface area contributed by atoms with E-state index < -0.39 is 0 Å². The van der Waals surface area contributed by atoms with Gasteiger partial charge in [0.05, 0.1) is 12.8 Å². The predicted octanol–water partition coefficient (Wildman–Crippen LogP) is 5.20. The van der Waals surface area contributed by atoms with Gasteiger partial charge in [-0.05, 0) is 52.7 Å². The normalized spacial score (nSPS) is 10.9. The minimum absolute atomic E-state index is 0.488. The number of methoxy groups -OCH3 is 1. The van der Waals surface area contributed by atoms with Gasteiger partial charge in [0.1, 0.15) is 6.61 Å². The Labute approximate surface area is 212 Å². The SMILES string of the molecule is COc1cc(CNCCSc2nnnn2-c2ccccc2)c(Br)cc1OCc1cccc(C)c1. The Morgan fingerprint density at radius 3 is 2.68 bits per heavy atom. The molecule has 1 aromatic heterocycles. The Kier molecular flexibility index (Phi) is 8.56. The quantitative estimate of drug-likeness (QED) is 0.207. The van der Waals surface area contributed by atoms with E-state index in [4.69, 9.17) is 9.47 Å². The fourth-order valence-corrected chi connectivity index (χ4v) is 4.64. The van der Waals surface area contributed by atoms with E-state index in [1.54, 1.807) is 23.6 Å². The number of ether oxygens (including phenoxy) is 2. The highest BCUT2D eigenvalue weighted by Gasteiger charge is 2.12. The number of tetrazole rings is 1. The Bertz CT molecular complexity index is 1220. The second-order valence-corrected chi connectivity index (χ2v) is 9.52. The molecule has 0 saturated carbocycles. The van der Waals surface area contributed by atoms with Crippen LogP contribution < -0.4 is 14.8 Å². The molecule has 7 nitrogen and oxygen atoms in total. The lowest BCUT2D eigenvalue weighted by Gasteiger charge is -2.15. The highest BCUT2D eigenvalue weighted by molar-refractivity contribution is 9.10. The fourth-order valence-electron chi connectivity index (χ4n) is 3.39. The molecule has 0 bridgehead atoms. The van der Waals surface area contributed by atoms with Gasteiger partial charge in [0.15, 0.2) is 11.5 Å². The Hall–Kier alpha value is -2.88. The maximum absolute atomic E-state index is 6.04. The van der Waals surface area contributed by atoms with Crippen molar-refractivity contribution in [2.75, 3.05) is 19.4 Å². The molecule has 1 N–H and O–H groups in total. The van der Waals surface area contributed by atoms with Crippen molar-refractivity contribution >= 4 is 27.7 Å². The first-order valence-electron chi connectivity index (χ1n) is 10.9. The van der Waals surface area contributed by atoms with E-state index >= 15 is 0 Å². The monoisotopic (exact) mass is 539 g/mol. The van der Waals surface area contributed by atoms with Crippen LogP contribution in [0.25, 0.3) is 5.69 Å². The molecule has 0 fully saturated rings. The molecule has 0 aliphatic heterocycles. The van der Waals surface area contributed by atoms with Gasteiger partial charge in [0, 0.05) is 23.3 Å². The van der Waals surface area contributed by atoms with Crippen LogP contribution in [-0.2, 0) is 13.2 Å². The molecule has 0 spiro atoms. The molecule has 176 valence electrons. The van der Waals surface area contributed by atoms with Crippen LogP contribution in [0.2, 0.25) is 0 Å². The standard InChI is InChI=1S/C25H26BrN5O2S/c1-18-7-6-8-19(13-18)17-33-24-15-22(26)20(14-23(24)32-2)16-27-11-12-34-25-28-29-30-31(25)21-9-4-3-5-10-21/h3-10,13-15,27H,11-12,16-17H2,1-2H3. The van der Waals surface area contributed by atoms with Crippen LogP contribution in [0.3, 0.4) is 0 Å². The van der Waals surface area contributed by atoms with Crippen LogP contribution in [0.15, 0.2) is 76.4 Å². The smallest absolute Gasteiger partial charge is 0.214 e. The van der Waals surface area contributed by atoms with E-state index in [0.29, 0.717) is 24.7 Å². The van der Waals surface area contributed by atoms with Crippen LogP contribution in [0.5, 0.6) is 11.5 Å². The number of nitrogens with zero attached hydrogens (tertiary/aromatic N) is 4. The molecular formula is C25H26BrN5O2S. The van der Waals surface area contributed by atoms with Gasteiger partial charge < -0.3 is 14.8 Å². The molecule has 0 radical (unpaired) electrons. The average molecular weight is 540 g/mol. The van der Waals surface area contributed by atoms with Crippen molar-refractivity contribution in [1.82, 2.24) is 25.5 Å².